The second kappa shape index (κ2) is 7.73. The molecule has 0 saturated carbocycles. The minimum absolute atomic E-state index is 0.180. The predicted octanol–water partition coefficient (Wildman–Crippen LogP) is 2.18. The second-order valence-corrected chi connectivity index (χ2v) is 6.71. The van der Waals surface area contributed by atoms with Gasteiger partial charge in [-0.3, -0.25) is 4.79 Å². The van der Waals surface area contributed by atoms with Crippen LogP contribution in [0.5, 0.6) is 0 Å². The molecule has 1 amide bonds. The van der Waals surface area contributed by atoms with Crippen LogP contribution in [0.3, 0.4) is 0 Å². The van der Waals surface area contributed by atoms with Gasteiger partial charge in [0, 0.05) is 56.9 Å². The highest BCUT2D eigenvalue weighted by atomic mass is 16.2. The van der Waals surface area contributed by atoms with Crippen LogP contribution in [0.25, 0.3) is 11.4 Å². The van der Waals surface area contributed by atoms with E-state index in [1.807, 2.05) is 46.1 Å². The summed E-state index contributed by atoms with van der Waals surface area (Å²) in [5.41, 5.74) is 1.03. The van der Waals surface area contributed by atoms with Crippen LogP contribution in [0.4, 0.5) is 0 Å². The molecule has 0 spiro atoms. The van der Waals surface area contributed by atoms with E-state index in [2.05, 4.69) is 26.6 Å². The van der Waals surface area contributed by atoms with Gasteiger partial charge in [-0.15, -0.1) is 0 Å². The molecule has 2 aromatic heterocycles. The van der Waals surface area contributed by atoms with Gasteiger partial charge in [0.25, 0.3) is 0 Å². The summed E-state index contributed by atoms with van der Waals surface area (Å²) in [5, 5.41) is 4.64. The van der Waals surface area contributed by atoms with Crippen molar-refractivity contribution in [2.24, 2.45) is 0 Å². The Hall–Kier alpha value is -2.96. The van der Waals surface area contributed by atoms with Crippen LogP contribution in [-0.2, 0) is 30.7 Å². The van der Waals surface area contributed by atoms with E-state index in [4.69, 9.17) is 0 Å². The van der Waals surface area contributed by atoms with Crippen molar-refractivity contribution in [1.29, 1.82) is 0 Å². The highest BCUT2D eigenvalue weighted by Gasteiger charge is 2.21. The minimum Gasteiger partial charge on any atom is -0.340 e. The average Bonchev–Trinajstić information content (AvgIpc) is 3.29. The van der Waals surface area contributed by atoms with Crippen molar-refractivity contribution in [2.45, 2.75) is 39.3 Å². The number of carbonyl (C=O) groups is 1. The van der Waals surface area contributed by atoms with Gasteiger partial charge in [0.2, 0.25) is 5.91 Å². The van der Waals surface area contributed by atoms with E-state index in [9.17, 15) is 4.79 Å². The van der Waals surface area contributed by atoms with Gasteiger partial charge in [-0.05, 0) is 0 Å². The fraction of sp³-hybridized carbons (Fsp3) is 0.400. The van der Waals surface area contributed by atoms with E-state index in [0.29, 0.717) is 32.6 Å². The lowest BCUT2D eigenvalue weighted by molar-refractivity contribution is -0.131. The van der Waals surface area contributed by atoms with Crippen LogP contribution in [0, 0.1) is 0 Å². The standard InChI is InChI=1S/C20H24N6O/c1-2-17-21-10-13-24(17)12-9-19(27)25-11-8-18-22-20(23-26(18)15-14-25)16-6-4-3-5-7-16/h3-7,10,13H,2,8-9,11-12,14-15H2,1H3. The SMILES string of the molecule is CCc1nccn1CCC(=O)N1CCc2nc(-c3ccccc3)nn2CC1. The zero-order chi connectivity index (χ0) is 18.6. The molecule has 4 rings (SSSR count). The molecule has 0 fully saturated rings. The van der Waals surface area contributed by atoms with Crippen LogP contribution < -0.4 is 0 Å². The van der Waals surface area contributed by atoms with Crippen molar-refractivity contribution in [1.82, 2.24) is 29.2 Å². The molecule has 1 aliphatic rings. The molecule has 0 unspecified atom stereocenters. The fourth-order valence-electron chi connectivity index (χ4n) is 3.49. The lowest BCUT2D eigenvalue weighted by atomic mass is 10.2. The zero-order valence-electron chi connectivity index (χ0n) is 15.6. The average molecular weight is 364 g/mol. The van der Waals surface area contributed by atoms with Gasteiger partial charge >= 0.3 is 0 Å². The van der Waals surface area contributed by atoms with Gasteiger partial charge in [-0.1, -0.05) is 37.3 Å². The Kier molecular flexibility index (Phi) is 5.00. The molecular formula is C20H24N6O. The number of aryl methyl sites for hydroxylation is 2. The fourth-order valence-corrected chi connectivity index (χ4v) is 3.49. The highest BCUT2D eigenvalue weighted by molar-refractivity contribution is 5.76. The number of fused-ring (bicyclic) bond motifs is 1. The van der Waals surface area contributed by atoms with Crippen molar-refractivity contribution < 1.29 is 4.79 Å². The number of nitrogens with zero attached hydrogens (tertiary/aromatic N) is 6. The predicted molar refractivity (Wildman–Crippen MR) is 102 cm³/mol. The summed E-state index contributed by atoms with van der Waals surface area (Å²) in [6, 6.07) is 10.0. The first kappa shape index (κ1) is 17.5. The molecule has 0 radical (unpaired) electrons. The van der Waals surface area contributed by atoms with E-state index in [1.54, 1.807) is 6.20 Å². The molecule has 0 atom stereocenters. The quantitative estimate of drug-likeness (QED) is 0.696. The molecule has 0 bridgehead atoms. The summed E-state index contributed by atoms with van der Waals surface area (Å²) in [6.07, 6.45) is 5.84. The molecule has 7 nitrogen and oxygen atoms in total. The van der Waals surface area contributed by atoms with Crippen molar-refractivity contribution in [3.05, 3.63) is 54.4 Å². The molecule has 0 saturated heterocycles. The van der Waals surface area contributed by atoms with E-state index in [1.165, 1.54) is 0 Å². The van der Waals surface area contributed by atoms with E-state index in [-0.39, 0.29) is 5.91 Å². The van der Waals surface area contributed by atoms with Crippen molar-refractivity contribution in [3.8, 4) is 11.4 Å². The Bertz CT molecular complexity index is 888. The third kappa shape index (κ3) is 3.77. The normalized spacial score (nSPS) is 14.0. The van der Waals surface area contributed by atoms with Crippen molar-refractivity contribution >= 4 is 5.91 Å². The van der Waals surface area contributed by atoms with E-state index >= 15 is 0 Å². The van der Waals surface area contributed by atoms with Crippen LogP contribution >= 0.6 is 0 Å². The molecule has 0 N–H and O–H groups in total. The summed E-state index contributed by atoms with van der Waals surface area (Å²) in [6.45, 7) is 4.81. The number of aromatic nitrogens is 5. The number of rotatable bonds is 5. The molecule has 1 aromatic carbocycles. The molecule has 1 aliphatic heterocycles. The van der Waals surface area contributed by atoms with E-state index in [0.717, 1.165) is 35.9 Å². The largest absolute Gasteiger partial charge is 0.340 e. The molecule has 140 valence electrons. The highest BCUT2D eigenvalue weighted by Crippen LogP contribution is 2.17. The molecule has 3 heterocycles. The maximum Gasteiger partial charge on any atom is 0.224 e. The van der Waals surface area contributed by atoms with Crippen LogP contribution in [-0.4, -0.2) is 48.2 Å². The number of hydrogen-bond donors (Lipinski definition) is 0. The Labute approximate surface area is 158 Å². The maximum absolute atomic E-state index is 12.6. The third-order valence-electron chi connectivity index (χ3n) is 5.00. The lowest BCUT2D eigenvalue weighted by Crippen LogP contribution is -2.34. The first-order valence-corrected chi connectivity index (χ1v) is 9.51. The Morgan fingerprint density at radius 1 is 1.15 bits per heavy atom. The molecular weight excluding hydrogens is 340 g/mol. The number of carbonyl (C=O) groups excluding carboxylic acids is 1. The summed E-state index contributed by atoms with van der Waals surface area (Å²) in [7, 11) is 0. The van der Waals surface area contributed by atoms with Gasteiger partial charge in [0.05, 0.1) is 6.54 Å². The molecule has 7 heteroatoms. The zero-order valence-corrected chi connectivity index (χ0v) is 15.6. The Morgan fingerprint density at radius 2 is 2.00 bits per heavy atom. The van der Waals surface area contributed by atoms with Crippen molar-refractivity contribution in [3.63, 3.8) is 0 Å². The summed E-state index contributed by atoms with van der Waals surface area (Å²) in [5.74, 6) is 2.92. The van der Waals surface area contributed by atoms with E-state index < -0.39 is 0 Å². The number of benzene rings is 1. The molecule has 3 aromatic rings. The first-order chi connectivity index (χ1) is 13.2. The van der Waals surface area contributed by atoms with Crippen LogP contribution in [0.15, 0.2) is 42.7 Å². The number of hydrogen-bond acceptors (Lipinski definition) is 4. The van der Waals surface area contributed by atoms with Crippen LogP contribution in [0.2, 0.25) is 0 Å². The summed E-state index contributed by atoms with van der Waals surface area (Å²) in [4.78, 5) is 23.6. The molecule has 0 aliphatic carbocycles. The monoisotopic (exact) mass is 364 g/mol. The summed E-state index contributed by atoms with van der Waals surface area (Å²) < 4.78 is 4.01. The van der Waals surface area contributed by atoms with Gasteiger partial charge in [-0.25, -0.2) is 14.6 Å². The van der Waals surface area contributed by atoms with Crippen LogP contribution in [0.1, 0.15) is 25.0 Å². The third-order valence-corrected chi connectivity index (χ3v) is 5.00. The van der Waals surface area contributed by atoms with Gasteiger partial charge in [0.15, 0.2) is 5.82 Å². The smallest absolute Gasteiger partial charge is 0.224 e. The lowest BCUT2D eigenvalue weighted by Gasteiger charge is -2.20. The second-order valence-electron chi connectivity index (χ2n) is 6.71. The Morgan fingerprint density at radius 3 is 2.81 bits per heavy atom. The number of imidazole rings is 1. The van der Waals surface area contributed by atoms with Gasteiger partial charge in [-0.2, -0.15) is 5.10 Å². The van der Waals surface area contributed by atoms with Crippen molar-refractivity contribution in [2.75, 3.05) is 13.1 Å². The molecule has 27 heavy (non-hydrogen) atoms. The first-order valence-electron chi connectivity index (χ1n) is 9.51. The maximum atomic E-state index is 12.6. The summed E-state index contributed by atoms with van der Waals surface area (Å²) >= 11 is 0. The van der Waals surface area contributed by atoms with Gasteiger partial charge < -0.3 is 9.47 Å². The Balaban J connectivity index is 1.37. The topological polar surface area (TPSA) is 68.8 Å². The number of amides is 1. The van der Waals surface area contributed by atoms with Gasteiger partial charge in [0.1, 0.15) is 11.6 Å². The minimum atomic E-state index is 0.180.